The highest BCUT2D eigenvalue weighted by molar-refractivity contribution is 5.69. The Morgan fingerprint density at radius 1 is 0.443 bits per heavy atom. The number of ether oxygens (including phenoxy) is 12. The molecule has 3 aliphatic carbocycles. The van der Waals surface area contributed by atoms with Crippen molar-refractivity contribution in [2.75, 3.05) is 19.8 Å². The first-order chi connectivity index (χ1) is 28.2. The highest BCUT2D eigenvalue weighted by Crippen LogP contribution is 2.70. The maximum atomic E-state index is 12.8. The van der Waals surface area contributed by atoms with E-state index in [1.54, 1.807) is 0 Å². The van der Waals surface area contributed by atoms with Crippen molar-refractivity contribution in [1.29, 1.82) is 0 Å². The zero-order chi connectivity index (χ0) is 45.6. The van der Waals surface area contributed by atoms with Gasteiger partial charge in [0.15, 0.2) is 47.3 Å². The van der Waals surface area contributed by atoms with Crippen molar-refractivity contribution in [2.24, 2.45) is 17.8 Å². The van der Waals surface area contributed by atoms with E-state index in [1.165, 1.54) is 20.8 Å². The van der Waals surface area contributed by atoms with Gasteiger partial charge in [0.2, 0.25) is 17.4 Å². The van der Waals surface area contributed by atoms with Crippen LogP contribution in [0.15, 0.2) is 0 Å². The van der Waals surface area contributed by atoms with Crippen molar-refractivity contribution >= 4 is 41.8 Å². The molecule has 6 fully saturated rings. The number of carbonyl (C=O) groups is 7. The molecule has 3 saturated heterocycles. The van der Waals surface area contributed by atoms with Gasteiger partial charge in [-0.25, -0.2) is 0 Å². The molecule has 0 aromatic heterocycles. The lowest BCUT2D eigenvalue weighted by atomic mass is 9.94. The van der Waals surface area contributed by atoms with Gasteiger partial charge in [0.1, 0.15) is 37.6 Å². The molecule has 0 aromatic carbocycles. The number of hydrogen-bond acceptors (Lipinski definition) is 23. The summed E-state index contributed by atoms with van der Waals surface area (Å²) in [6, 6.07) is 0. The third kappa shape index (κ3) is 7.14. The summed E-state index contributed by atoms with van der Waals surface area (Å²) in [5.74, 6) is -16.5. The van der Waals surface area contributed by atoms with E-state index in [0.717, 1.165) is 48.5 Å². The van der Waals surface area contributed by atoms with Gasteiger partial charge < -0.3 is 77.3 Å². The Hall–Kier alpha value is -4.07. The van der Waals surface area contributed by atoms with Crippen LogP contribution in [0.4, 0.5) is 0 Å². The normalized spacial score (nSPS) is 46.2. The van der Waals surface area contributed by atoms with E-state index in [4.69, 9.17) is 56.8 Å². The van der Waals surface area contributed by atoms with Crippen LogP contribution in [0.3, 0.4) is 0 Å². The molecule has 6 aliphatic rings. The molecule has 0 aromatic rings. The number of hydrogen-bond donors (Lipinski definition) is 4. The smallest absolute Gasteiger partial charge is 0.303 e. The Morgan fingerprint density at radius 3 is 1.21 bits per heavy atom. The lowest BCUT2D eigenvalue weighted by molar-refractivity contribution is -0.368. The zero-order valence-corrected chi connectivity index (χ0v) is 35.1. The SMILES string of the molecule is CC(=O)OC[C@H]1O[C@]2(O[C@H]3[C@H](OC(C)=O)[C@@H](CO[C@]45O[C@H](COC(C)=O)[C@@H](OC(C)=O)[C@H](OC(C)=O)[C@@]4(O)C5C)O[C@]4(O)C(C)[C@]34O)C(C)[C@]2(O)[C@@H](OC(C)=O)[C@@H]1OC(C)=O. The van der Waals surface area contributed by atoms with Crippen molar-refractivity contribution in [3.63, 3.8) is 0 Å². The second-order valence-corrected chi connectivity index (χ2v) is 16.4. The quantitative estimate of drug-likeness (QED) is 0.104. The second kappa shape index (κ2) is 15.6. The highest BCUT2D eigenvalue weighted by atomic mass is 16.8. The van der Waals surface area contributed by atoms with Crippen LogP contribution in [0.1, 0.15) is 69.2 Å². The first-order valence-electron chi connectivity index (χ1n) is 19.6. The van der Waals surface area contributed by atoms with Crippen molar-refractivity contribution in [3.8, 4) is 0 Å². The monoisotopic (exact) mass is 876 g/mol. The Balaban J connectivity index is 1.37. The molecule has 342 valence electrons. The van der Waals surface area contributed by atoms with Crippen molar-refractivity contribution < 1.29 is 111 Å². The van der Waals surface area contributed by atoms with Gasteiger partial charge >= 0.3 is 41.8 Å². The lowest BCUT2D eigenvalue weighted by Gasteiger charge is -2.47. The van der Waals surface area contributed by atoms with E-state index in [-0.39, 0.29) is 0 Å². The molecular formula is C38H52O23. The van der Waals surface area contributed by atoms with E-state index < -0.39 is 168 Å². The fraction of sp³-hybridized carbons (Fsp3) is 0.816. The van der Waals surface area contributed by atoms with Crippen LogP contribution >= 0.6 is 0 Å². The summed E-state index contributed by atoms with van der Waals surface area (Å²) in [5, 5.41) is 48.3. The van der Waals surface area contributed by atoms with E-state index in [2.05, 4.69) is 0 Å². The van der Waals surface area contributed by atoms with Gasteiger partial charge in [-0.1, -0.05) is 20.8 Å². The largest absolute Gasteiger partial charge is 0.463 e. The molecule has 0 bridgehead atoms. The van der Waals surface area contributed by atoms with Crippen LogP contribution in [-0.2, 0) is 90.4 Å². The third-order valence-electron chi connectivity index (χ3n) is 12.6. The summed E-state index contributed by atoms with van der Waals surface area (Å²) in [7, 11) is 0. The van der Waals surface area contributed by atoms with Crippen LogP contribution < -0.4 is 0 Å². The predicted molar refractivity (Wildman–Crippen MR) is 189 cm³/mol. The van der Waals surface area contributed by atoms with Gasteiger partial charge in [-0.3, -0.25) is 33.6 Å². The summed E-state index contributed by atoms with van der Waals surface area (Å²) in [5.41, 5.74) is -7.02. The molecule has 23 nitrogen and oxygen atoms in total. The van der Waals surface area contributed by atoms with E-state index in [9.17, 15) is 54.0 Å². The van der Waals surface area contributed by atoms with Crippen molar-refractivity contribution in [3.05, 3.63) is 0 Å². The molecular weight excluding hydrogens is 824 g/mol. The van der Waals surface area contributed by atoms with Gasteiger partial charge in [-0.05, 0) is 0 Å². The van der Waals surface area contributed by atoms with Gasteiger partial charge in [-0.2, -0.15) is 0 Å². The van der Waals surface area contributed by atoms with Crippen molar-refractivity contribution in [2.45, 2.75) is 158 Å². The van der Waals surface area contributed by atoms with E-state index >= 15 is 0 Å². The predicted octanol–water partition coefficient (Wildman–Crippen LogP) is -2.41. The molecule has 0 amide bonds. The van der Waals surface area contributed by atoms with Crippen LogP contribution in [0, 0.1) is 17.8 Å². The minimum atomic E-state index is -2.47. The average Bonchev–Trinajstić information content (AvgIpc) is 3.96. The Morgan fingerprint density at radius 2 is 0.803 bits per heavy atom. The molecule has 18 atom stereocenters. The number of rotatable bonds is 14. The molecule has 6 rings (SSSR count). The highest BCUT2D eigenvalue weighted by Gasteiger charge is 2.92. The molecule has 3 unspecified atom stereocenters. The average molecular weight is 877 g/mol. The molecule has 0 radical (unpaired) electrons. The molecule has 23 heteroatoms. The van der Waals surface area contributed by atoms with E-state index in [1.807, 2.05) is 0 Å². The first kappa shape index (κ1) is 46.4. The molecule has 3 aliphatic heterocycles. The van der Waals surface area contributed by atoms with Crippen LogP contribution in [0.25, 0.3) is 0 Å². The van der Waals surface area contributed by atoms with Gasteiger partial charge in [0, 0.05) is 48.5 Å². The zero-order valence-electron chi connectivity index (χ0n) is 35.1. The third-order valence-corrected chi connectivity index (χ3v) is 12.6. The van der Waals surface area contributed by atoms with Gasteiger partial charge in [0.05, 0.1) is 24.4 Å². The Kier molecular flexibility index (Phi) is 11.9. The van der Waals surface area contributed by atoms with E-state index in [0.29, 0.717) is 0 Å². The fourth-order valence-electron chi connectivity index (χ4n) is 9.46. The molecule has 4 N–H and O–H groups in total. The minimum Gasteiger partial charge on any atom is -0.463 e. The molecule has 3 heterocycles. The number of carbonyl (C=O) groups excluding carboxylic acids is 7. The van der Waals surface area contributed by atoms with Crippen LogP contribution in [0.2, 0.25) is 0 Å². The van der Waals surface area contributed by atoms with Crippen molar-refractivity contribution in [1.82, 2.24) is 0 Å². The van der Waals surface area contributed by atoms with Crippen LogP contribution in [0.5, 0.6) is 0 Å². The summed E-state index contributed by atoms with van der Waals surface area (Å²) in [6.45, 7) is 9.66. The number of aliphatic hydroxyl groups is 4. The molecule has 0 spiro atoms. The van der Waals surface area contributed by atoms with Crippen LogP contribution in [-0.4, -0.2) is 171 Å². The van der Waals surface area contributed by atoms with Gasteiger partial charge in [0.25, 0.3) is 0 Å². The lowest BCUT2D eigenvalue weighted by Crippen LogP contribution is -2.66. The molecule has 3 saturated carbocycles. The fourth-order valence-corrected chi connectivity index (χ4v) is 9.46. The summed E-state index contributed by atoms with van der Waals surface area (Å²) >= 11 is 0. The Labute approximate surface area is 348 Å². The van der Waals surface area contributed by atoms with Gasteiger partial charge in [-0.15, -0.1) is 0 Å². The summed E-state index contributed by atoms with van der Waals surface area (Å²) < 4.78 is 69.0. The first-order valence-corrected chi connectivity index (χ1v) is 19.6. The topological polar surface area (TPSA) is 311 Å². The maximum Gasteiger partial charge on any atom is 0.303 e. The maximum absolute atomic E-state index is 12.8. The standard InChI is InChI=1S/C38H52O23/c1-14-33(46)32(61-38-16(3)35(38,48)31(57-23(10)45)28(54-20(7)42)25(60-38)12-51-18(5)40)29(55-21(8)43)26(58-36(14,33)49)13-52-37-15(2)34(37,47)30(56-22(9)44)27(53-19(6)41)24(59-37)11-50-17(4)39/h14-16,24-32,46-49H,11-13H2,1-10H3/t14?,15?,16?,24-,25-,26-,27-,28-,29-,30+,31+,32+,33+,34+,35+,36-,37-,38+/m1/s1. The number of esters is 7. The molecule has 61 heavy (non-hydrogen) atoms. The Bertz CT molecular complexity index is 1840. The summed E-state index contributed by atoms with van der Waals surface area (Å²) in [4.78, 5) is 85.8. The second-order valence-electron chi connectivity index (χ2n) is 16.4. The summed E-state index contributed by atoms with van der Waals surface area (Å²) in [6.07, 6.45) is -14.6. The number of fused-ring (bicyclic) bond motifs is 3. The minimum absolute atomic E-state index is 0.566.